The highest BCUT2D eigenvalue weighted by Gasteiger charge is 2.20. The predicted octanol–water partition coefficient (Wildman–Crippen LogP) is 3.48. The Morgan fingerprint density at radius 2 is 2.00 bits per heavy atom. The molecule has 0 saturated carbocycles. The molecule has 9 heteroatoms. The molecule has 2 aromatic rings. The van der Waals surface area contributed by atoms with Crippen LogP contribution in [0.5, 0.6) is 0 Å². The van der Waals surface area contributed by atoms with Crippen molar-refractivity contribution in [1.82, 2.24) is 25.7 Å². The highest BCUT2D eigenvalue weighted by atomic mass is 127. The Balaban J connectivity index is 0.00000280. The van der Waals surface area contributed by atoms with Crippen LogP contribution in [0.1, 0.15) is 37.0 Å². The topological polar surface area (TPSA) is 78.6 Å². The molecule has 28 heavy (non-hydrogen) atoms. The summed E-state index contributed by atoms with van der Waals surface area (Å²) in [6, 6.07) is 9.00. The molecule has 0 bridgehead atoms. The van der Waals surface area contributed by atoms with Crippen LogP contribution in [0.4, 0.5) is 0 Å². The van der Waals surface area contributed by atoms with Crippen molar-refractivity contribution in [2.75, 3.05) is 19.6 Å². The molecule has 2 N–H and O–H groups in total. The zero-order valence-electron chi connectivity index (χ0n) is 16.3. The number of hydrogen-bond donors (Lipinski definition) is 2. The minimum Gasteiger partial charge on any atom is -0.357 e. The van der Waals surface area contributed by atoms with Gasteiger partial charge in [0.15, 0.2) is 11.8 Å². The molecule has 7 nitrogen and oxygen atoms in total. The van der Waals surface area contributed by atoms with E-state index in [-0.39, 0.29) is 24.0 Å². The van der Waals surface area contributed by atoms with E-state index in [2.05, 4.69) is 77.8 Å². The normalized spacial score (nSPS) is 15.9. The number of nitrogens with one attached hydrogen (secondary N) is 2. The fraction of sp³-hybridized carbons (Fsp3) is 0.526. The summed E-state index contributed by atoms with van der Waals surface area (Å²) in [5.74, 6) is 1.98. The van der Waals surface area contributed by atoms with Gasteiger partial charge in [0.05, 0.1) is 0 Å². The molecule has 0 aliphatic carbocycles. The zero-order valence-corrected chi connectivity index (χ0v) is 20.2. The van der Waals surface area contributed by atoms with Crippen LogP contribution in [0.2, 0.25) is 0 Å². The van der Waals surface area contributed by atoms with Crippen molar-refractivity contribution in [3.8, 4) is 0 Å². The summed E-state index contributed by atoms with van der Waals surface area (Å²) >= 11 is 3.49. The van der Waals surface area contributed by atoms with Gasteiger partial charge in [-0.1, -0.05) is 33.2 Å². The number of likely N-dealkylation sites (tertiary alicyclic amines) is 1. The van der Waals surface area contributed by atoms with Gasteiger partial charge in [-0.25, -0.2) is 4.99 Å². The van der Waals surface area contributed by atoms with Crippen molar-refractivity contribution in [3.05, 3.63) is 46.0 Å². The summed E-state index contributed by atoms with van der Waals surface area (Å²) in [6.07, 6.45) is 2.20. The van der Waals surface area contributed by atoms with Crippen LogP contribution in [0.15, 0.2) is 38.3 Å². The fourth-order valence-electron chi connectivity index (χ4n) is 3.15. The molecule has 1 aromatic carbocycles. The lowest BCUT2D eigenvalue weighted by molar-refractivity contribution is 0.198. The zero-order chi connectivity index (χ0) is 19.1. The number of piperidine rings is 1. The first kappa shape index (κ1) is 23.1. The second kappa shape index (κ2) is 11.7. The van der Waals surface area contributed by atoms with Gasteiger partial charge >= 0.3 is 0 Å². The quantitative estimate of drug-likeness (QED) is 0.319. The highest BCUT2D eigenvalue weighted by molar-refractivity contribution is 14.0. The first-order valence-electron chi connectivity index (χ1n) is 9.43. The molecule has 1 aromatic heterocycles. The number of aromatic nitrogens is 2. The number of rotatable bonds is 6. The highest BCUT2D eigenvalue weighted by Crippen LogP contribution is 2.16. The smallest absolute Gasteiger partial charge is 0.248 e. The van der Waals surface area contributed by atoms with Gasteiger partial charge in [0.1, 0.15) is 6.54 Å². The summed E-state index contributed by atoms with van der Waals surface area (Å²) < 4.78 is 6.25. The third kappa shape index (κ3) is 7.32. The van der Waals surface area contributed by atoms with Crippen molar-refractivity contribution in [1.29, 1.82) is 0 Å². The standard InChI is InChI=1S/C19H27BrN6O.HI/c1-3-21-19(22-12-18-23-14(2)25-27-18)24-17-8-10-26(11-9-17)13-15-4-6-16(20)7-5-15;/h4-7,17H,3,8-13H2,1-2H3,(H2,21,22,24);1H. The Hall–Kier alpha value is -1.20. The van der Waals surface area contributed by atoms with Gasteiger partial charge in [-0.3, -0.25) is 4.90 Å². The van der Waals surface area contributed by atoms with Crippen LogP contribution >= 0.6 is 39.9 Å². The first-order chi connectivity index (χ1) is 13.1. The van der Waals surface area contributed by atoms with E-state index in [1.807, 2.05) is 6.92 Å². The van der Waals surface area contributed by atoms with Crippen LogP contribution in [-0.4, -0.2) is 46.7 Å². The Morgan fingerprint density at radius 3 is 2.61 bits per heavy atom. The molecule has 0 unspecified atom stereocenters. The molecule has 0 radical (unpaired) electrons. The van der Waals surface area contributed by atoms with Gasteiger partial charge in [-0.15, -0.1) is 24.0 Å². The van der Waals surface area contributed by atoms with E-state index in [0.29, 0.717) is 24.3 Å². The number of halogens is 2. The number of benzene rings is 1. The Kier molecular flexibility index (Phi) is 9.66. The van der Waals surface area contributed by atoms with Gasteiger partial charge in [0.25, 0.3) is 0 Å². The molecule has 0 atom stereocenters. The van der Waals surface area contributed by atoms with Crippen LogP contribution < -0.4 is 10.6 Å². The van der Waals surface area contributed by atoms with Crippen molar-refractivity contribution in [2.24, 2.45) is 4.99 Å². The van der Waals surface area contributed by atoms with Gasteiger partial charge in [-0.05, 0) is 44.4 Å². The van der Waals surface area contributed by atoms with E-state index >= 15 is 0 Å². The van der Waals surface area contributed by atoms with Crippen molar-refractivity contribution < 1.29 is 4.52 Å². The first-order valence-corrected chi connectivity index (χ1v) is 10.2. The number of aryl methyl sites for hydroxylation is 1. The molecule has 2 heterocycles. The van der Waals surface area contributed by atoms with E-state index in [4.69, 9.17) is 4.52 Å². The summed E-state index contributed by atoms with van der Waals surface area (Å²) in [7, 11) is 0. The SMILES string of the molecule is CCNC(=NCc1nc(C)no1)NC1CCN(Cc2ccc(Br)cc2)CC1.I. The lowest BCUT2D eigenvalue weighted by atomic mass is 10.0. The summed E-state index contributed by atoms with van der Waals surface area (Å²) in [6.45, 7) is 8.24. The molecule has 1 aliphatic heterocycles. The van der Waals surface area contributed by atoms with Crippen LogP contribution in [0.25, 0.3) is 0 Å². The maximum atomic E-state index is 5.13. The maximum absolute atomic E-state index is 5.13. The number of aliphatic imine (C=N–C) groups is 1. The average Bonchev–Trinajstić information content (AvgIpc) is 3.09. The van der Waals surface area contributed by atoms with Gasteiger partial charge in [-0.2, -0.15) is 4.98 Å². The monoisotopic (exact) mass is 562 g/mol. The van der Waals surface area contributed by atoms with E-state index in [9.17, 15) is 0 Å². The molecule has 1 aliphatic rings. The second-order valence-corrected chi connectivity index (χ2v) is 7.67. The number of nitrogens with zero attached hydrogens (tertiary/aromatic N) is 4. The summed E-state index contributed by atoms with van der Waals surface area (Å²) in [5, 5.41) is 10.6. The molecular weight excluding hydrogens is 535 g/mol. The third-order valence-corrected chi connectivity index (χ3v) is 5.06. The Bertz CT molecular complexity index is 743. The Labute approximate surface area is 191 Å². The number of hydrogen-bond acceptors (Lipinski definition) is 5. The molecule has 0 amide bonds. The number of guanidine groups is 1. The van der Waals surface area contributed by atoms with Crippen molar-refractivity contribution >= 4 is 45.9 Å². The van der Waals surface area contributed by atoms with E-state index in [1.54, 1.807) is 0 Å². The molecule has 1 fully saturated rings. The van der Waals surface area contributed by atoms with E-state index < -0.39 is 0 Å². The molecule has 0 spiro atoms. The molecule has 1 saturated heterocycles. The average molecular weight is 563 g/mol. The van der Waals surface area contributed by atoms with Crippen molar-refractivity contribution in [2.45, 2.75) is 45.8 Å². The molecular formula is C19H28BrIN6O. The fourth-order valence-corrected chi connectivity index (χ4v) is 3.41. The predicted molar refractivity (Wildman–Crippen MR) is 125 cm³/mol. The van der Waals surface area contributed by atoms with Gasteiger partial charge in [0.2, 0.25) is 5.89 Å². The van der Waals surface area contributed by atoms with Gasteiger partial charge < -0.3 is 15.2 Å². The maximum Gasteiger partial charge on any atom is 0.248 e. The Morgan fingerprint density at radius 1 is 1.29 bits per heavy atom. The second-order valence-electron chi connectivity index (χ2n) is 6.75. The lowest BCUT2D eigenvalue weighted by Crippen LogP contribution is -2.48. The van der Waals surface area contributed by atoms with Crippen molar-refractivity contribution in [3.63, 3.8) is 0 Å². The summed E-state index contributed by atoms with van der Waals surface area (Å²) in [4.78, 5) is 11.3. The molecule has 154 valence electrons. The van der Waals surface area contributed by atoms with E-state index in [0.717, 1.165) is 49.5 Å². The van der Waals surface area contributed by atoms with Crippen LogP contribution in [0.3, 0.4) is 0 Å². The third-order valence-electron chi connectivity index (χ3n) is 4.53. The minimum atomic E-state index is 0. The summed E-state index contributed by atoms with van der Waals surface area (Å²) in [5.41, 5.74) is 1.36. The molecule has 3 rings (SSSR count). The van der Waals surface area contributed by atoms with Crippen LogP contribution in [-0.2, 0) is 13.1 Å². The largest absolute Gasteiger partial charge is 0.357 e. The van der Waals surface area contributed by atoms with E-state index in [1.165, 1.54) is 5.56 Å². The van der Waals surface area contributed by atoms with Gasteiger partial charge in [0, 0.05) is 36.7 Å². The minimum absolute atomic E-state index is 0. The van der Waals surface area contributed by atoms with Crippen LogP contribution in [0, 0.1) is 6.92 Å². The lowest BCUT2D eigenvalue weighted by Gasteiger charge is -2.33.